The molecule has 0 aliphatic carbocycles. The second-order valence-corrected chi connectivity index (χ2v) is 6.37. The molecule has 0 radical (unpaired) electrons. The largest absolute Gasteiger partial charge is 0.396 e. The van der Waals surface area contributed by atoms with Crippen LogP contribution in [-0.2, 0) is 4.79 Å². The Hall–Kier alpha value is -1.51. The number of aryl methyl sites for hydroxylation is 1. The predicted octanol–water partition coefficient (Wildman–Crippen LogP) is 2.72. The van der Waals surface area contributed by atoms with Crippen LogP contribution in [0.25, 0.3) is 10.6 Å². The van der Waals surface area contributed by atoms with Crippen molar-refractivity contribution in [3.05, 3.63) is 11.1 Å². The third-order valence-corrected chi connectivity index (χ3v) is 4.57. The van der Waals surface area contributed by atoms with Gasteiger partial charge in [0.25, 0.3) is 0 Å². The molecule has 0 aliphatic heterocycles. The van der Waals surface area contributed by atoms with E-state index in [0.29, 0.717) is 5.13 Å². The van der Waals surface area contributed by atoms with E-state index < -0.39 is 0 Å². The fourth-order valence-electron chi connectivity index (χ4n) is 1.73. The van der Waals surface area contributed by atoms with Crippen LogP contribution in [0, 0.1) is 6.92 Å². The molecule has 8 heteroatoms. The van der Waals surface area contributed by atoms with Crippen LogP contribution in [0.5, 0.6) is 0 Å². The standard InChI is InChI=1S/C13H18N4O2S2/c1-8-11(21-13(15-8)16-9(2)19)10-7-20-12(17-10)14-5-3-4-6-18/h7,18H,3-6H2,1-2H3,(H,14,17)(H,15,16,19). The first-order valence-corrected chi connectivity index (χ1v) is 8.35. The van der Waals surface area contributed by atoms with Gasteiger partial charge in [-0.2, -0.15) is 0 Å². The summed E-state index contributed by atoms with van der Waals surface area (Å²) >= 11 is 2.97. The Morgan fingerprint density at radius 1 is 1.33 bits per heavy atom. The van der Waals surface area contributed by atoms with Crippen molar-refractivity contribution in [2.24, 2.45) is 0 Å². The zero-order valence-electron chi connectivity index (χ0n) is 12.0. The van der Waals surface area contributed by atoms with Gasteiger partial charge in [0.05, 0.1) is 16.3 Å². The maximum absolute atomic E-state index is 11.1. The first kappa shape index (κ1) is 15.9. The Bertz CT molecular complexity index is 609. The highest BCUT2D eigenvalue weighted by atomic mass is 32.1. The average Bonchev–Trinajstić information content (AvgIpc) is 3.01. The van der Waals surface area contributed by atoms with Crippen LogP contribution in [0.15, 0.2) is 5.38 Å². The molecule has 0 bridgehead atoms. The zero-order valence-corrected chi connectivity index (χ0v) is 13.6. The van der Waals surface area contributed by atoms with Crippen LogP contribution in [0.1, 0.15) is 25.5 Å². The van der Waals surface area contributed by atoms with Gasteiger partial charge in [0, 0.05) is 25.5 Å². The number of aromatic nitrogens is 2. The van der Waals surface area contributed by atoms with E-state index in [9.17, 15) is 4.79 Å². The number of carbonyl (C=O) groups is 1. The lowest BCUT2D eigenvalue weighted by Gasteiger charge is -2.00. The molecule has 0 atom stereocenters. The minimum Gasteiger partial charge on any atom is -0.396 e. The number of unbranched alkanes of at least 4 members (excludes halogenated alkanes) is 1. The summed E-state index contributed by atoms with van der Waals surface area (Å²) < 4.78 is 0. The third kappa shape index (κ3) is 4.48. The molecule has 2 aromatic rings. The Morgan fingerprint density at radius 3 is 2.86 bits per heavy atom. The number of carbonyl (C=O) groups excluding carboxylic acids is 1. The molecule has 21 heavy (non-hydrogen) atoms. The molecular weight excluding hydrogens is 308 g/mol. The van der Waals surface area contributed by atoms with Crippen LogP contribution in [-0.4, -0.2) is 34.1 Å². The number of nitrogens with one attached hydrogen (secondary N) is 2. The van der Waals surface area contributed by atoms with Gasteiger partial charge in [-0.3, -0.25) is 4.79 Å². The fraction of sp³-hybridized carbons (Fsp3) is 0.462. The lowest BCUT2D eigenvalue weighted by atomic mass is 10.3. The normalized spacial score (nSPS) is 10.6. The second kappa shape index (κ2) is 7.48. The lowest BCUT2D eigenvalue weighted by Crippen LogP contribution is -2.04. The van der Waals surface area contributed by atoms with Gasteiger partial charge in [0.15, 0.2) is 10.3 Å². The summed E-state index contributed by atoms with van der Waals surface area (Å²) in [4.78, 5) is 20.9. The van der Waals surface area contributed by atoms with E-state index in [-0.39, 0.29) is 12.5 Å². The monoisotopic (exact) mass is 326 g/mol. The molecule has 114 valence electrons. The van der Waals surface area contributed by atoms with Crippen molar-refractivity contribution < 1.29 is 9.90 Å². The molecule has 2 aromatic heterocycles. The summed E-state index contributed by atoms with van der Waals surface area (Å²) in [6.45, 7) is 4.39. The highest BCUT2D eigenvalue weighted by Crippen LogP contribution is 2.34. The summed E-state index contributed by atoms with van der Waals surface area (Å²) in [7, 11) is 0. The summed E-state index contributed by atoms with van der Waals surface area (Å²) in [5.41, 5.74) is 1.73. The highest BCUT2D eigenvalue weighted by Gasteiger charge is 2.13. The number of aliphatic hydroxyl groups is 1. The summed E-state index contributed by atoms with van der Waals surface area (Å²) in [5, 5.41) is 18.1. The first-order chi connectivity index (χ1) is 10.1. The lowest BCUT2D eigenvalue weighted by molar-refractivity contribution is -0.114. The molecule has 0 aromatic carbocycles. The number of amides is 1. The summed E-state index contributed by atoms with van der Waals surface area (Å²) in [6.07, 6.45) is 1.71. The number of hydrogen-bond acceptors (Lipinski definition) is 7. The molecule has 0 fully saturated rings. The van der Waals surface area contributed by atoms with E-state index in [2.05, 4.69) is 20.6 Å². The quantitative estimate of drug-likeness (QED) is 0.681. The Balaban J connectivity index is 2.03. The number of hydrogen-bond donors (Lipinski definition) is 3. The predicted molar refractivity (Wildman–Crippen MR) is 87.1 cm³/mol. The van der Waals surface area contributed by atoms with Gasteiger partial charge in [-0.15, -0.1) is 11.3 Å². The molecule has 3 N–H and O–H groups in total. The van der Waals surface area contributed by atoms with Crippen molar-refractivity contribution in [3.63, 3.8) is 0 Å². The molecule has 2 rings (SSSR count). The molecule has 1 amide bonds. The van der Waals surface area contributed by atoms with Crippen LogP contribution in [0.2, 0.25) is 0 Å². The van der Waals surface area contributed by atoms with Gasteiger partial charge in [-0.25, -0.2) is 9.97 Å². The van der Waals surface area contributed by atoms with E-state index in [0.717, 1.165) is 40.8 Å². The van der Waals surface area contributed by atoms with Crippen molar-refractivity contribution in [2.75, 3.05) is 23.8 Å². The molecule has 0 aliphatic rings. The van der Waals surface area contributed by atoms with E-state index >= 15 is 0 Å². The van der Waals surface area contributed by atoms with E-state index in [1.807, 2.05) is 12.3 Å². The minimum atomic E-state index is -0.125. The van der Waals surface area contributed by atoms with Crippen molar-refractivity contribution in [1.82, 2.24) is 9.97 Å². The van der Waals surface area contributed by atoms with Crippen molar-refractivity contribution in [1.29, 1.82) is 0 Å². The molecular formula is C13H18N4O2S2. The van der Waals surface area contributed by atoms with E-state index in [1.165, 1.54) is 18.3 Å². The van der Waals surface area contributed by atoms with Crippen molar-refractivity contribution in [3.8, 4) is 10.6 Å². The number of nitrogens with zero attached hydrogens (tertiary/aromatic N) is 2. The van der Waals surface area contributed by atoms with Crippen molar-refractivity contribution >= 4 is 38.8 Å². The molecule has 0 saturated carbocycles. The summed E-state index contributed by atoms with van der Waals surface area (Å²) in [5.74, 6) is -0.125. The summed E-state index contributed by atoms with van der Waals surface area (Å²) in [6, 6.07) is 0. The molecule has 6 nitrogen and oxygen atoms in total. The van der Waals surface area contributed by atoms with Crippen LogP contribution in [0.3, 0.4) is 0 Å². The third-order valence-electron chi connectivity index (χ3n) is 2.68. The fourth-order valence-corrected chi connectivity index (χ4v) is 3.51. The van der Waals surface area contributed by atoms with Gasteiger partial charge in [0.2, 0.25) is 5.91 Å². The van der Waals surface area contributed by atoms with Gasteiger partial charge >= 0.3 is 0 Å². The minimum absolute atomic E-state index is 0.125. The molecule has 0 unspecified atom stereocenters. The number of anilines is 2. The smallest absolute Gasteiger partial charge is 0.223 e. The Kier molecular flexibility index (Phi) is 5.66. The highest BCUT2D eigenvalue weighted by molar-refractivity contribution is 7.19. The Morgan fingerprint density at radius 2 is 2.14 bits per heavy atom. The van der Waals surface area contributed by atoms with Crippen LogP contribution < -0.4 is 10.6 Å². The van der Waals surface area contributed by atoms with Crippen LogP contribution >= 0.6 is 22.7 Å². The first-order valence-electron chi connectivity index (χ1n) is 6.66. The SMILES string of the molecule is CC(=O)Nc1nc(C)c(-c2csc(NCCCCO)n2)s1. The average molecular weight is 326 g/mol. The van der Waals surface area contributed by atoms with Gasteiger partial charge in [-0.05, 0) is 19.8 Å². The van der Waals surface area contributed by atoms with E-state index in [4.69, 9.17) is 5.11 Å². The number of thiazole rings is 2. The van der Waals surface area contributed by atoms with Gasteiger partial charge < -0.3 is 15.7 Å². The van der Waals surface area contributed by atoms with Gasteiger partial charge in [0.1, 0.15) is 0 Å². The molecule has 0 saturated heterocycles. The maximum atomic E-state index is 11.1. The molecule has 0 spiro atoms. The maximum Gasteiger partial charge on any atom is 0.223 e. The number of rotatable bonds is 7. The van der Waals surface area contributed by atoms with Crippen molar-refractivity contribution in [2.45, 2.75) is 26.7 Å². The topological polar surface area (TPSA) is 87.1 Å². The van der Waals surface area contributed by atoms with Gasteiger partial charge in [-0.1, -0.05) is 11.3 Å². The van der Waals surface area contributed by atoms with E-state index in [1.54, 1.807) is 11.3 Å². The van der Waals surface area contributed by atoms with Crippen LogP contribution in [0.4, 0.5) is 10.3 Å². The Labute approximate surface area is 131 Å². The second-order valence-electron chi connectivity index (χ2n) is 4.51. The zero-order chi connectivity index (χ0) is 15.2. The molecule has 2 heterocycles. The number of aliphatic hydroxyl groups excluding tert-OH is 1.